The first-order chi connectivity index (χ1) is 6.36. The SMILES string of the molecule is CNCC(CC1CCCCC1)NC. The Hall–Kier alpha value is -0.0800. The van der Waals surface area contributed by atoms with Gasteiger partial charge in [0.2, 0.25) is 0 Å². The summed E-state index contributed by atoms with van der Waals surface area (Å²) in [6.45, 7) is 1.10. The predicted octanol–water partition coefficient (Wildman–Crippen LogP) is 1.76. The number of hydrogen-bond acceptors (Lipinski definition) is 2. The third kappa shape index (κ3) is 4.10. The molecule has 1 aliphatic rings. The summed E-state index contributed by atoms with van der Waals surface area (Å²) in [6, 6.07) is 0.674. The smallest absolute Gasteiger partial charge is 0.0192 e. The van der Waals surface area contributed by atoms with E-state index >= 15 is 0 Å². The van der Waals surface area contributed by atoms with Gasteiger partial charge in [-0.25, -0.2) is 0 Å². The fourth-order valence-corrected chi connectivity index (χ4v) is 2.37. The van der Waals surface area contributed by atoms with E-state index in [2.05, 4.69) is 17.7 Å². The molecule has 0 saturated heterocycles. The maximum absolute atomic E-state index is 3.39. The second-order valence-corrected chi connectivity index (χ2v) is 4.28. The molecule has 2 N–H and O–H groups in total. The lowest BCUT2D eigenvalue weighted by Gasteiger charge is -2.26. The fraction of sp³-hybridized carbons (Fsp3) is 1.00. The van der Waals surface area contributed by atoms with Gasteiger partial charge in [-0.1, -0.05) is 32.1 Å². The van der Waals surface area contributed by atoms with Crippen LogP contribution in [0.15, 0.2) is 0 Å². The predicted molar refractivity (Wildman–Crippen MR) is 58.0 cm³/mol. The van der Waals surface area contributed by atoms with Crippen molar-refractivity contribution in [1.82, 2.24) is 10.6 Å². The monoisotopic (exact) mass is 184 g/mol. The average molecular weight is 184 g/mol. The molecule has 0 heterocycles. The molecule has 1 aliphatic carbocycles. The van der Waals surface area contributed by atoms with Gasteiger partial charge in [0.05, 0.1) is 0 Å². The van der Waals surface area contributed by atoms with Gasteiger partial charge < -0.3 is 10.6 Å². The van der Waals surface area contributed by atoms with Gasteiger partial charge in [0, 0.05) is 12.6 Å². The lowest BCUT2D eigenvalue weighted by atomic mass is 9.85. The van der Waals surface area contributed by atoms with E-state index < -0.39 is 0 Å². The van der Waals surface area contributed by atoms with E-state index in [1.807, 2.05) is 7.05 Å². The Labute approximate surface area is 82.5 Å². The molecule has 1 saturated carbocycles. The van der Waals surface area contributed by atoms with Gasteiger partial charge in [-0.3, -0.25) is 0 Å². The maximum atomic E-state index is 3.39. The average Bonchev–Trinajstić information content (AvgIpc) is 2.19. The highest BCUT2D eigenvalue weighted by Crippen LogP contribution is 2.27. The lowest BCUT2D eigenvalue weighted by Crippen LogP contribution is -2.37. The van der Waals surface area contributed by atoms with Gasteiger partial charge >= 0.3 is 0 Å². The zero-order valence-corrected chi connectivity index (χ0v) is 9.10. The highest BCUT2D eigenvalue weighted by molar-refractivity contribution is 4.74. The topological polar surface area (TPSA) is 24.1 Å². The Morgan fingerprint density at radius 3 is 2.38 bits per heavy atom. The number of likely N-dealkylation sites (N-methyl/N-ethyl adjacent to an activating group) is 2. The molecule has 0 aromatic heterocycles. The van der Waals surface area contributed by atoms with Crippen molar-refractivity contribution < 1.29 is 0 Å². The highest BCUT2D eigenvalue weighted by Gasteiger charge is 2.17. The van der Waals surface area contributed by atoms with Crippen molar-refractivity contribution in [2.24, 2.45) is 5.92 Å². The molecule has 0 radical (unpaired) electrons. The molecule has 0 amide bonds. The molecule has 1 rings (SSSR count). The molecule has 0 spiro atoms. The van der Waals surface area contributed by atoms with Crippen LogP contribution >= 0.6 is 0 Å². The zero-order chi connectivity index (χ0) is 9.52. The van der Waals surface area contributed by atoms with Crippen LogP contribution < -0.4 is 10.6 Å². The first-order valence-corrected chi connectivity index (χ1v) is 5.68. The minimum absolute atomic E-state index is 0.674. The third-order valence-electron chi connectivity index (χ3n) is 3.20. The second kappa shape index (κ2) is 6.39. The molecular weight excluding hydrogens is 160 g/mol. The largest absolute Gasteiger partial charge is 0.318 e. The number of rotatable bonds is 5. The summed E-state index contributed by atoms with van der Waals surface area (Å²) in [5.74, 6) is 0.986. The minimum atomic E-state index is 0.674. The van der Waals surface area contributed by atoms with E-state index in [1.165, 1.54) is 38.5 Å². The molecule has 78 valence electrons. The molecule has 1 atom stereocenters. The fourth-order valence-electron chi connectivity index (χ4n) is 2.37. The minimum Gasteiger partial charge on any atom is -0.318 e. The maximum Gasteiger partial charge on any atom is 0.0192 e. The molecule has 1 unspecified atom stereocenters. The van der Waals surface area contributed by atoms with Crippen molar-refractivity contribution in [2.45, 2.75) is 44.6 Å². The van der Waals surface area contributed by atoms with Crippen LogP contribution in [0.5, 0.6) is 0 Å². The molecule has 13 heavy (non-hydrogen) atoms. The Morgan fingerprint density at radius 1 is 1.15 bits per heavy atom. The standard InChI is InChI=1S/C11H24N2/c1-12-9-11(13-2)8-10-6-4-3-5-7-10/h10-13H,3-9H2,1-2H3. The molecule has 2 heteroatoms. The van der Waals surface area contributed by atoms with Gasteiger partial charge in [-0.05, 0) is 26.4 Å². The third-order valence-corrected chi connectivity index (χ3v) is 3.20. The quantitative estimate of drug-likeness (QED) is 0.680. The van der Waals surface area contributed by atoms with Gasteiger partial charge in [-0.2, -0.15) is 0 Å². The van der Waals surface area contributed by atoms with Crippen LogP contribution in [0.4, 0.5) is 0 Å². The van der Waals surface area contributed by atoms with Crippen LogP contribution in [0.25, 0.3) is 0 Å². The van der Waals surface area contributed by atoms with E-state index in [-0.39, 0.29) is 0 Å². The normalized spacial score (nSPS) is 21.7. The summed E-state index contributed by atoms with van der Waals surface area (Å²) in [4.78, 5) is 0. The van der Waals surface area contributed by atoms with Gasteiger partial charge in [0.1, 0.15) is 0 Å². The van der Waals surface area contributed by atoms with Crippen molar-refractivity contribution in [1.29, 1.82) is 0 Å². The van der Waals surface area contributed by atoms with E-state index in [9.17, 15) is 0 Å². The molecule has 0 bridgehead atoms. The Morgan fingerprint density at radius 2 is 1.85 bits per heavy atom. The van der Waals surface area contributed by atoms with Crippen molar-refractivity contribution in [3.8, 4) is 0 Å². The summed E-state index contributed by atoms with van der Waals surface area (Å²) in [5.41, 5.74) is 0. The van der Waals surface area contributed by atoms with Gasteiger partial charge in [-0.15, -0.1) is 0 Å². The lowest BCUT2D eigenvalue weighted by molar-refractivity contribution is 0.301. The second-order valence-electron chi connectivity index (χ2n) is 4.28. The van der Waals surface area contributed by atoms with E-state index in [1.54, 1.807) is 0 Å². The van der Waals surface area contributed by atoms with Crippen LogP contribution in [0.1, 0.15) is 38.5 Å². The van der Waals surface area contributed by atoms with Crippen LogP contribution in [0.2, 0.25) is 0 Å². The van der Waals surface area contributed by atoms with Crippen LogP contribution in [-0.2, 0) is 0 Å². The Bertz CT molecular complexity index is 117. The zero-order valence-electron chi connectivity index (χ0n) is 9.10. The molecule has 0 aromatic rings. The summed E-state index contributed by atoms with van der Waals surface area (Å²) >= 11 is 0. The molecule has 0 aliphatic heterocycles. The van der Waals surface area contributed by atoms with Crippen LogP contribution in [0, 0.1) is 5.92 Å². The molecular formula is C11H24N2. The number of hydrogen-bond donors (Lipinski definition) is 2. The van der Waals surface area contributed by atoms with Crippen molar-refractivity contribution in [2.75, 3.05) is 20.6 Å². The van der Waals surface area contributed by atoms with E-state index in [0.29, 0.717) is 6.04 Å². The summed E-state index contributed by atoms with van der Waals surface area (Å²) in [5, 5.41) is 6.63. The van der Waals surface area contributed by atoms with Crippen LogP contribution in [-0.4, -0.2) is 26.7 Å². The summed E-state index contributed by atoms with van der Waals surface area (Å²) < 4.78 is 0. The molecule has 1 fully saturated rings. The first-order valence-electron chi connectivity index (χ1n) is 5.68. The summed E-state index contributed by atoms with van der Waals surface area (Å²) in [6.07, 6.45) is 8.66. The molecule has 2 nitrogen and oxygen atoms in total. The van der Waals surface area contributed by atoms with Gasteiger partial charge in [0.15, 0.2) is 0 Å². The van der Waals surface area contributed by atoms with Crippen molar-refractivity contribution >= 4 is 0 Å². The van der Waals surface area contributed by atoms with E-state index in [0.717, 1.165) is 12.5 Å². The van der Waals surface area contributed by atoms with Crippen LogP contribution in [0.3, 0.4) is 0 Å². The van der Waals surface area contributed by atoms with E-state index in [4.69, 9.17) is 0 Å². The molecule has 0 aromatic carbocycles. The van der Waals surface area contributed by atoms with Crippen molar-refractivity contribution in [3.63, 3.8) is 0 Å². The number of nitrogens with one attached hydrogen (secondary N) is 2. The Balaban J connectivity index is 2.18. The first kappa shape index (κ1) is 11.0. The van der Waals surface area contributed by atoms with Gasteiger partial charge in [0.25, 0.3) is 0 Å². The Kier molecular flexibility index (Phi) is 5.40. The van der Waals surface area contributed by atoms with Crippen molar-refractivity contribution in [3.05, 3.63) is 0 Å². The summed E-state index contributed by atoms with van der Waals surface area (Å²) in [7, 11) is 4.11. The highest BCUT2D eigenvalue weighted by atomic mass is 14.9.